The first-order valence-corrected chi connectivity index (χ1v) is 27.9. The Bertz CT molecular complexity index is 3980. The van der Waals surface area contributed by atoms with Crippen LogP contribution in [0.4, 0.5) is 45.5 Å². The molecule has 0 amide bonds. The van der Waals surface area contributed by atoms with Gasteiger partial charge in [-0.15, -0.1) is 0 Å². The standard InChI is InChI=1S/C73H66BN3/c1-70(2,3)52-31-37-54(38-32-52)75(53-33-27-49(28-34-53)47-19-12-10-13-20-47)56-39-40-58-59-43-51-23-16-17-24-57(51)68-67(59)74(77(65(58)44-56)55-35-29-50(30-36-55)48-21-14-11-15-22-48)64-26-18-25-60-69(64)76(68)66-46-62-61(45-63(66)73(60,8)9)71(4,5)41-42-72(62,6)7/h10-40,43-46H,41-42H2,1-9H3. The molecule has 1 aliphatic carbocycles. The molecule has 0 bridgehead atoms. The fourth-order valence-corrected chi connectivity index (χ4v) is 13.8. The summed E-state index contributed by atoms with van der Waals surface area (Å²) in [6.45, 7) is 21.6. The topological polar surface area (TPSA) is 9.72 Å². The first-order chi connectivity index (χ1) is 37.1. The van der Waals surface area contributed by atoms with Gasteiger partial charge in [0.15, 0.2) is 0 Å². The second-order valence-electron chi connectivity index (χ2n) is 25.2. The quantitative estimate of drug-likeness (QED) is 0.154. The highest BCUT2D eigenvalue weighted by atomic mass is 15.2. The van der Waals surface area contributed by atoms with E-state index in [1.54, 1.807) is 0 Å². The normalized spacial score (nSPS) is 16.0. The molecule has 77 heavy (non-hydrogen) atoms. The zero-order chi connectivity index (χ0) is 52.8. The van der Waals surface area contributed by atoms with E-state index in [1.807, 2.05) is 0 Å². The third-order valence-electron chi connectivity index (χ3n) is 18.2. The van der Waals surface area contributed by atoms with Crippen molar-refractivity contribution in [1.29, 1.82) is 0 Å². The zero-order valence-electron chi connectivity index (χ0n) is 46.0. The molecule has 4 heteroatoms. The highest BCUT2D eigenvalue weighted by Crippen LogP contribution is 2.59. The van der Waals surface area contributed by atoms with Crippen LogP contribution in [0.5, 0.6) is 0 Å². The Morgan fingerprint density at radius 2 is 1.00 bits per heavy atom. The van der Waals surface area contributed by atoms with Crippen LogP contribution in [0.3, 0.4) is 0 Å². The Morgan fingerprint density at radius 3 is 1.64 bits per heavy atom. The van der Waals surface area contributed by atoms with Crippen LogP contribution >= 0.6 is 0 Å². The van der Waals surface area contributed by atoms with Gasteiger partial charge in [-0.1, -0.05) is 214 Å². The molecule has 0 fully saturated rings. The largest absolute Gasteiger partial charge is 0.376 e. The minimum Gasteiger partial charge on any atom is -0.376 e. The van der Waals surface area contributed by atoms with E-state index in [9.17, 15) is 0 Å². The first kappa shape index (κ1) is 47.4. The molecule has 3 aliphatic heterocycles. The van der Waals surface area contributed by atoms with Crippen molar-refractivity contribution in [2.75, 3.05) is 14.6 Å². The summed E-state index contributed by atoms with van der Waals surface area (Å²) in [5, 5.41) is 2.53. The molecule has 376 valence electrons. The summed E-state index contributed by atoms with van der Waals surface area (Å²) < 4.78 is 0. The van der Waals surface area contributed by atoms with Crippen molar-refractivity contribution in [1.82, 2.24) is 0 Å². The molecule has 0 saturated heterocycles. The maximum Gasteiger partial charge on any atom is 0.333 e. The average Bonchev–Trinajstić information content (AvgIpc) is 3.45. The summed E-state index contributed by atoms with van der Waals surface area (Å²) in [7, 11) is 0. The van der Waals surface area contributed by atoms with Crippen molar-refractivity contribution < 1.29 is 0 Å². The maximum absolute atomic E-state index is 2.74. The van der Waals surface area contributed by atoms with Gasteiger partial charge in [0.1, 0.15) is 0 Å². The van der Waals surface area contributed by atoms with Crippen LogP contribution in [0.2, 0.25) is 0 Å². The number of para-hydroxylation sites is 1. The highest BCUT2D eigenvalue weighted by Gasteiger charge is 2.51. The number of fused-ring (bicyclic) bond motifs is 9. The molecular formula is C73H66BN3. The van der Waals surface area contributed by atoms with Gasteiger partial charge in [-0.3, -0.25) is 0 Å². The lowest BCUT2D eigenvalue weighted by atomic mass is 9.42. The molecule has 0 N–H and O–H groups in total. The summed E-state index contributed by atoms with van der Waals surface area (Å²) in [6.07, 6.45) is 2.35. The van der Waals surface area contributed by atoms with E-state index >= 15 is 0 Å². The number of rotatable bonds is 6. The number of nitrogens with zero attached hydrogens (tertiary/aromatic N) is 3. The second kappa shape index (κ2) is 17.0. The molecule has 4 aliphatic rings. The number of hydrogen-bond acceptors (Lipinski definition) is 3. The van der Waals surface area contributed by atoms with Crippen LogP contribution in [-0.4, -0.2) is 6.85 Å². The molecular weight excluding hydrogens is 930 g/mol. The summed E-state index contributed by atoms with van der Waals surface area (Å²) >= 11 is 0. The number of benzene rings is 10. The van der Waals surface area contributed by atoms with Gasteiger partial charge in [-0.25, -0.2) is 0 Å². The van der Waals surface area contributed by atoms with Crippen molar-refractivity contribution in [3.8, 4) is 33.4 Å². The molecule has 0 spiro atoms. The van der Waals surface area contributed by atoms with Crippen LogP contribution in [0.15, 0.2) is 212 Å². The lowest BCUT2D eigenvalue weighted by Gasteiger charge is -2.52. The fraction of sp³-hybridized carbons (Fsp3) is 0.205. The summed E-state index contributed by atoms with van der Waals surface area (Å²) in [4.78, 5) is 7.88. The lowest BCUT2D eigenvalue weighted by molar-refractivity contribution is 0.331. The predicted octanol–water partition coefficient (Wildman–Crippen LogP) is 18.6. The molecule has 3 nitrogen and oxygen atoms in total. The molecule has 3 heterocycles. The minimum absolute atomic E-state index is 0.0237. The molecule has 14 rings (SSSR count). The van der Waals surface area contributed by atoms with Crippen molar-refractivity contribution in [3.05, 3.63) is 240 Å². The van der Waals surface area contributed by atoms with E-state index in [1.165, 1.54) is 112 Å². The number of hydrogen-bond donors (Lipinski definition) is 0. The Kier molecular flexibility index (Phi) is 10.4. The Balaban J connectivity index is 1.05. The number of anilines is 8. The fourth-order valence-electron chi connectivity index (χ4n) is 13.8. The Hall–Kier alpha value is -8.08. The van der Waals surface area contributed by atoms with Gasteiger partial charge < -0.3 is 14.6 Å². The van der Waals surface area contributed by atoms with Crippen molar-refractivity contribution >= 4 is 74.0 Å². The zero-order valence-corrected chi connectivity index (χ0v) is 46.0. The summed E-state index contributed by atoms with van der Waals surface area (Å²) in [5.41, 5.74) is 26.6. The summed E-state index contributed by atoms with van der Waals surface area (Å²) in [5.74, 6) is 0. The molecule has 10 aromatic rings. The molecule has 0 aromatic heterocycles. The SMILES string of the molecule is CC(C)(C)c1ccc(N(c2ccc(-c3ccccc3)cc2)c2ccc3c(c2)N(c2ccc(-c4ccccc4)cc2)B2c4cccc5c4N(c4cc6c(cc4C5(C)C)C(C)(C)CCC6(C)C)c4c2c-3cc2ccccc42)cc1. The lowest BCUT2D eigenvalue weighted by Crippen LogP contribution is -2.62. The van der Waals surface area contributed by atoms with Gasteiger partial charge in [0, 0.05) is 50.5 Å². The van der Waals surface area contributed by atoms with E-state index in [2.05, 4.69) is 289 Å². The van der Waals surface area contributed by atoms with Crippen LogP contribution in [0, 0.1) is 0 Å². The van der Waals surface area contributed by atoms with Crippen LogP contribution < -0.4 is 25.5 Å². The third-order valence-corrected chi connectivity index (χ3v) is 18.2. The van der Waals surface area contributed by atoms with Crippen molar-refractivity contribution in [2.24, 2.45) is 0 Å². The van der Waals surface area contributed by atoms with Crippen molar-refractivity contribution in [2.45, 2.75) is 96.8 Å². The minimum atomic E-state index is -0.268. The maximum atomic E-state index is 2.74. The smallest absolute Gasteiger partial charge is 0.333 e. The summed E-state index contributed by atoms with van der Waals surface area (Å²) in [6, 6.07) is 80.7. The second-order valence-corrected chi connectivity index (χ2v) is 25.2. The van der Waals surface area contributed by atoms with Gasteiger partial charge >= 0.3 is 6.85 Å². The van der Waals surface area contributed by atoms with Gasteiger partial charge in [-0.2, -0.15) is 0 Å². The van der Waals surface area contributed by atoms with E-state index in [0.29, 0.717) is 0 Å². The van der Waals surface area contributed by atoms with Gasteiger partial charge in [0.25, 0.3) is 0 Å². The van der Waals surface area contributed by atoms with Crippen LogP contribution in [0.1, 0.15) is 103 Å². The van der Waals surface area contributed by atoms with E-state index in [-0.39, 0.29) is 28.5 Å². The molecule has 0 unspecified atom stereocenters. The molecule has 0 saturated carbocycles. The first-order valence-electron chi connectivity index (χ1n) is 27.9. The highest BCUT2D eigenvalue weighted by molar-refractivity contribution is 6.94. The molecule has 10 aromatic carbocycles. The predicted molar refractivity (Wildman–Crippen MR) is 329 cm³/mol. The molecule has 0 atom stereocenters. The average molecular weight is 996 g/mol. The molecule has 0 radical (unpaired) electrons. The van der Waals surface area contributed by atoms with E-state index < -0.39 is 0 Å². The van der Waals surface area contributed by atoms with E-state index in [0.717, 1.165) is 29.2 Å². The Labute approximate surface area is 456 Å². The van der Waals surface area contributed by atoms with Crippen LogP contribution in [0.25, 0.3) is 44.2 Å². The van der Waals surface area contributed by atoms with E-state index in [4.69, 9.17) is 0 Å². The Morgan fingerprint density at radius 1 is 0.442 bits per heavy atom. The van der Waals surface area contributed by atoms with Crippen molar-refractivity contribution in [3.63, 3.8) is 0 Å². The van der Waals surface area contributed by atoms with Gasteiger partial charge in [-0.05, 0) is 162 Å². The van der Waals surface area contributed by atoms with Crippen LogP contribution in [-0.2, 0) is 21.7 Å². The third kappa shape index (κ3) is 7.31. The van der Waals surface area contributed by atoms with Gasteiger partial charge in [0.2, 0.25) is 0 Å². The van der Waals surface area contributed by atoms with Gasteiger partial charge in [0.05, 0.1) is 11.4 Å². The monoisotopic (exact) mass is 996 g/mol.